The maximum absolute atomic E-state index is 12.4. The van der Waals surface area contributed by atoms with Crippen LogP contribution in [0.5, 0.6) is 0 Å². The van der Waals surface area contributed by atoms with Crippen LogP contribution in [0.3, 0.4) is 0 Å². The monoisotopic (exact) mass is 354 g/mol. The summed E-state index contributed by atoms with van der Waals surface area (Å²) in [6.07, 6.45) is 2.05. The van der Waals surface area contributed by atoms with Gasteiger partial charge in [0, 0.05) is 51.2 Å². The molecular weight excluding hydrogens is 328 g/mol. The average molecular weight is 354 g/mol. The summed E-state index contributed by atoms with van der Waals surface area (Å²) in [5, 5.41) is 2.96. The van der Waals surface area contributed by atoms with E-state index in [0.29, 0.717) is 12.1 Å². The van der Waals surface area contributed by atoms with Crippen molar-refractivity contribution in [3.8, 4) is 0 Å². The smallest absolute Gasteiger partial charge is 0.251 e. The molecule has 1 unspecified atom stereocenters. The predicted octanol–water partition coefficient (Wildman–Crippen LogP) is 2.30. The van der Waals surface area contributed by atoms with Crippen molar-refractivity contribution < 1.29 is 9.53 Å². The number of hydrogen-bond donors (Lipinski definition) is 1. The van der Waals surface area contributed by atoms with E-state index in [9.17, 15) is 4.79 Å². The molecule has 0 radical (unpaired) electrons. The third-order valence-electron chi connectivity index (χ3n) is 4.45. The number of amides is 1. The number of carbonyl (C=O) groups is 1. The maximum atomic E-state index is 12.4. The second-order valence-electron chi connectivity index (χ2n) is 6.78. The molecule has 0 bridgehead atoms. The van der Waals surface area contributed by atoms with Gasteiger partial charge in [0.1, 0.15) is 5.82 Å². The van der Waals surface area contributed by atoms with Gasteiger partial charge in [-0.2, -0.15) is 0 Å². The molecule has 1 aliphatic rings. The number of carbonyl (C=O) groups excluding carboxylic acids is 1. The highest BCUT2D eigenvalue weighted by molar-refractivity contribution is 5.95. The molecule has 0 saturated carbocycles. The lowest BCUT2D eigenvalue weighted by atomic mass is 10.1. The highest BCUT2D eigenvalue weighted by Gasteiger charge is 2.17. The third kappa shape index (κ3) is 4.52. The van der Waals surface area contributed by atoms with E-state index in [0.717, 1.165) is 36.8 Å². The molecule has 6 heteroatoms. The molecule has 1 fully saturated rings. The molecule has 1 aliphatic heterocycles. The summed E-state index contributed by atoms with van der Waals surface area (Å²) >= 11 is 0. The average Bonchev–Trinajstić information content (AvgIpc) is 2.66. The van der Waals surface area contributed by atoms with E-state index in [2.05, 4.69) is 22.1 Å². The summed E-state index contributed by atoms with van der Waals surface area (Å²) in [5.41, 5.74) is 2.64. The fourth-order valence-corrected chi connectivity index (χ4v) is 2.94. The van der Waals surface area contributed by atoms with Gasteiger partial charge in [-0.3, -0.25) is 4.79 Å². The first-order valence-corrected chi connectivity index (χ1v) is 8.90. The van der Waals surface area contributed by atoms with Crippen LogP contribution in [0.15, 0.2) is 42.6 Å². The standard InChI is InChI=1S/C20H26N4O2/c1-15-14-24(9-10-26-15)19-8-7-16(12-21-19)13-22-20(25)17-5-4-6-18(11-17)23(2)3/h4-8,11-12,15H,9-10,13-14H2,1-3H3,(H,22,25). The van der Waals surface area contributed by atoms with Crippen molar-refractivity contribution >= 4 is 17.4 Å². The Kier molecular flexibility index (Phi) is 5.73. The number of nitrogens with one attached hydrogen (secondary N) is 1. The molecule has 1 saturated heterocycles. The van der Waals surface area contributed by atoms with E-state index in [4.69, 9.17) is 4.74 Å². The fourth-order valence-electron chi connectivity index (χ4n) is 2.94. The van der Waals surface area contributed by atoms with Gasteiger partial charge in [-0.1, -0.05) is 12.1 Å². The van der Waals surface area contributed by atoms with Crippen LogP contribution in [-0.4, -0.2) is 50.8 Å². The molecule has 2 heterocycles. The molecule has 3 rings (SSSR count). The fraction of sp³-hybridized carbons (Fsp3) is 0.400. The molecule has 1 atom stereocenters. The molecule has 2 aromatic rings. The number of nitrogens with zero attached hydrogens (tertiary/aromatic N) is 3. The quantitative estimate of drug-likeness (QED) is 0.893. The van der Waals surface area contributed by atoms with E-state index >= 15 is 0 Å². The Morgan fingerprint density at radius 2 is 2.19 bits per heavy atom. The van der Waals surface area contributed by atoms with Crippen LogP contribution >= 0.6 is 0 Å². The largest absolute Gasteiger partial charge is 0.378 e. The number of anilines is 2. The molecule has 1 aromatic carbocycles. The van der Waals surface area contributed by atoms with Gasteiger partial charge in [-0.25, -0.2) is 4.98 Å². The van der Waals surface area contributed by atoms with Gasteiger partial charge in [-0.05, 0) is 36.8 Å². The Hall–Kier alpha value is -2.60. The zero-order chi connectivity index (χ0) is 18.5. The molecule has 1 aromatic heterocycles. The number of benzene rings is 1. The number of hydrogen-bond acceptors (Lipinski definition) is 5. The summed E-state index contributed by atoms with van der Waals surface area (Å²) in [6.45, 7) is 4.97. The van der Waals surface area contributed by atoms with Gasteiger partial charge in [-0.15, -0.1) is 0 Å². The third-order valence-corrected chi connectivity index (χ3v) is 4.45. The SMILES string of the molecule is CC1CN(c2ccc(CNC(=O)c3cccc(N(C)C)c3)cn2)CCO1. The van der Waals surface area contributed by atoms with Crippen molar-refractivity contribution in [2.75, 3.05) is 43.6 Å². The minimum Gasteiger partial charge on any atom is -0.378 e. The second kappa shape index (κ2) is 8.19. The second-order valence-corrected chi connectivity index (χ2v) is 6.78. The Bertz CT molecular complexity index is 746. The topological polar surface area (TPSA) is 57.7 Å². The summed E-state index contributed by atoms with van der Waals surface area (Å²) in [4.78, 5) is 21.1. The first-order chi connectivity index (χ1) is 12.5. The van der Waals surface area contributed by atoms with Crippen LogP contribution < -0.4 is 15.1 Å². The molecule has 26 heavy (non-hydrogen) atoms. The van der Waals surface area contributed by atoms with Crippen molar-refractivity contribution in [1.29, 1.82) is 0 Å². The first-order valence-electron chi connectivity index (χ1n) is 8.90. The van der Waals surface area contributed by atoms with Crippen molar-refractivity contribution in [3.63, 3.8) is 0 Å². The van der Waals surface area contributed by atoms with E-state index in [-0.39, 0.29) is 12.0 Å². The first kappa shape index (κ1) is 18.2. The Morgan fingerprint density at radius 1 is 1.35 bits per heavy atom. The van der Waals surface area contributed by atoms with Gasteiger partial charge >= 0.3 is 0 Å². The molecular formula is C20H26N4O2. The summed E-state index contributed by atoms with van der Waals surface area (Å²) in [5.74, 6) is 0.869. The number of rotatable bonds is 5. The van der Waals surface area contributed by atoms with Crippen molar-refractivity contribution in [2.45, 2.75) is 19.6 Å². The Morgan fingerprint density at radius 3 is 2.88 bits per heavy atom. The molecule has 1 amide bonds. The molecule has 138 valence electrons. The van der Waals surface area contributed by atoms with Gasteiger partial charge in [0.25, 0.3) is 5.91 Å². The van der Waals surface area contributed by atoms with Gasteiger partial charge < -0.3 is 19.9 Å². The van der Waals surface area contributed by atoms with E-state index in [1.165, 1.54) is 0 Å². The number of ether oxygens (including phenoxy) is 1. The van der Waals surface area contributed by atoms with E-state index in [1.54, 1.807) is 0 Å². The summed E-state index contributed by atoms with van der Waals surface area (Å²) in [6, 6.07) is 11.6. The highest BCUT2D eigenvalue weighted by atomic mass is 16.5. The minimum absolute atomic E-state index is 0.0835. The lowest BCUT2D eigenvalue weighted by Crippen LogP contribution is -2.41. The predicted molar refractivity (Wildman–Crippen MR) is 104 cm³/mol. The molecule has 6 nitrogen and oxygen atoms in total. The summed E-state index contributed by atoms with van der Waals surface area (Å²) < 4.78 is 5.56. The van der Waals surface area contributed by atoms with Crippen LogP contribution in [0, 0.1) is 0 Å². The Balaban J connectivity index is 1.58. The van der Waals surface area contributed by atoms with Crippen LogP contribution in [0.1, 0.15) is 22.8 Å². The van der Waals surface area contributed by atoms with Crippen LogP contribution in [0.25, 0.3) is 0 Å². The van der Waals surface area contributed by atoms with Gasteiger partial charge in [0.15, 0.2) is 0 Å². The number of aromatic nitrogens is 1. The maximum Gasteiger partial charge on any atom is 0.251 e. The minimum atomic E-state index is -0.0835. The van der Waals surface area contributed by atoms with E-state index in [1.807, 2.05) is 61.6 Å². The highest BCUT2D eigenvalue weighted by Crippen LogP contribution is 2.16. The molecule has 0 spiro atoms. The van der Waals surface area contributed by atoms with Crippen LogP contribution in [0.2, 0.25) is 0 Å². The van der Waals surface area contributed by atoms with Crippen molar-refractivity contribution in [1.82, 2.24) is 10.3 Å². The van der Waals surface area contributed by atoms with Crippen molar-refractivity contribution in [3.05, 3.63) is 53.7 Å². The normalized spacial score (nSPS) is 17.0. The lowest BCUT2D eigenvalue weighted by Gasteiger charge is -2.32. The van der Waals surface area contributed by atoms with Gasteiger partial charge in [0.2, 0.25) is 0 Å². The van der Waals surface area contributed by atoms with E-state index < -0.39 is 0 Å². The van der Waals surface area contributed by atoms with Crippen LogP contribution in [-0.2, 0) is 11.3 Å². The molecule has 0 aliphatic carbocycles. The lowest BCUT2D eigenvalue weighted by molar-refractivity contribution is 0.0529. The zero-order valence-electron chi connectivity index (χ0n) is 15.6. The zero-order valence-corrected chi connectivity index (χ0v) is 15.6. The van der Waals surface area contributed by atoms with Crippen LogP contribution in [0.4, 0.5) is 11.5 Å². The Labute approximate surface area is 154 Å². The summed E-state index contributed by atoms with van der Waals surface area (Å²) in [7, 11) is 3.92. The molecule has 1 N–H and O–H groups in total. The van der Waals surface area contributed by atoms with Gasteiger partial charge in [0.05, 0.1) is 12.7 Å². The van der Waals surface area contributed by atoms with Crippen molar-refractivity contribution in [2.24, 2.45) is 0 Å². The number of pyridine rings is 1. The number of morpholine rings is 1.